The van der Waals surface area contributed by atoms with Gasteiger partial charge in [0.25, 0.3) is 0 Å². The Morgan fingerprint density at radius 3 is 2.46 bits per heavy atom. The van der Waals surface area contributed by atoms with Crippen LogP contribution in [0.2, 0.25) is 0 Å². The van der Waals surface area contributed by atoms with Gasteiger partial charge in [-0.3, -0.25) is 0 Å². The molecule has 3 aromatic carbocycles. The molecule has 0 atom stereocenters. The molecule has 1 aliphatic carbocycles. The molecule has 1 fully saturated rings. The van der Waals surface area contributed by atoms with E-state index in [1.54, 1.807) is 22.8 Å². The zero-order valence-electron chi connectivity index (χ0n) is 18.6. The summed E-state index contributed by atoms with van der Waals surface area (Å²) in [6.45, 7) is 0.683. The van der Waals surface area contributed by atoms with Crippen molar-refractivity contribution in [2.75, 3.05) is 6.61 Å². The number of alkyl halides is 3. The minimum atomic E-state index is -4.81. The van der Waals surface area contributed by atoms with E-state index in [2.05, 4.69) is 4.74 Å². The van der Waals surface area contributed by atoms with Gasteiger partial charge in [0.05, 0.1) is 6.61 Å². The van der Waals surface area contributed by atoms with Crippen LogP contribution in [-0.4, -0.2) is 28.6 Å². The number of aromatic carboxylic acids is 1. The number of benzene rings is 3. The minimum absolute atomic E-state index is 0.0488. The van der Waals surface area contributed by atoms with E-state index < -0.39 is 12.3 Å². The quantitative estimate of drug-likeness (QED) is 0.303. The fraction of sp³-hybridized carbons (Fsp3) is 0.222. The molecule has 1 aliphatic rings. The first-order valence-electron chi connectivity index (χ1n) is 11.2. The lowest BCUT2D eigenvalue weighted by Crippen LogP contribution is -2.17. The normalized spacial score (nSPS) is 13.7. The van der Waals surface area contributed by atoms with Gasteiger partial charge in [0.15, 0.2) is 0 Å². The first-order chi connectivity index (χ1) is 16.8. The highest BCUT2D eigenvalue weighted by Crippen LogP contribution is 2.38. The Morgan fingerprint density at radius 1 is 0.971 bits per heavy atom. The van der Waals surface area contributed by atoms with Gasteiger partial charge in [-0.05, 0) is 60.2 Å². The number of halogens is 3. The van der Waals surface area contributed by atoms with Crippen molar-refractivity contribution in [3.63, 3.8) is 0 Å². The fourth-order valence-electron chi connectivity index (χ4n) is 4.25. The number of carboxylic acid groups (broad SMARTS) is 1. The molecule has 1 saturated carbocycles. The Morgan fingerprint density at radius 2 is 1.71 bits per heavy atom. The molecule has 5 rings (SSSR count). The number of aromatic nitrogens is 1. The zero-order valence-corrected chi connectivity index (χ0v) is 18.6. The summed E-state index contributed by atoms with van der Waals surface area (Å²) in [7, 11) is 0. The van der Waals surface area contributed by atoms with Crippen molar-refractivity contribution in [3.8, 4) is 22.6 Å². The third-order valence-corrected chi connectivity index (χ3v) is 5.95. The Labute approximate surface area is 199 Å². The average Bonchev–Trinajstić information content (AvgIpc) is 3.58. The van der Waals surface area contributed by atoms with E-state index in [4.69, 9.17) is 4.74 Å². The molecule has 180 valence electrons. The minimum Gasteiger partial charge on any atom is -0.493 e. The second-order valence-corrected chi connectivity index (χ2v) is 8.61. The molecule has 35 heavy (non-hydrogen) atoms. The molecule has 8 heteroatoms. The summed E-state index contributed by atoms with van der Waals surface area (Å²) in [5.41, 5.74) is 2.41. The number of fused-ring (bicyclic) bond motifs is 1. The third kappa shape index (κ3) is 5.11. The van der Waals surface area contributed by atoms with Gasteiger partial charge in [-0.2, -0.15) is 0 Å². The van der Waals surface area contributed by atoms with E-state index in [1.807, 2.05) is 36.4 Å². The first-order valence-corrected chi connectivity index (χ1v) is 11.2. The van der Waals surface area contributed by atoms with Crippen LogP contribution in [0.5, 0.6) is 11.5 Å². The molecule has 0 saturated heterocycles. The first kappa shape index (κ1) is 22.8. The Bertz CT molecular complexity index is 1390. The van der Waals surface area contributed by atoms with Gasteiger partial charge in [0.1, 0.15) is 17.2 Å². The van der Waals surface area contributed by atoms with Crippen LogP contribution in [0.15, 0.2) is 72.8 Å². The molecule has 4 aromatic rings. The Hall–Kier alpha value is -3.94. The smallest absolute Gasteiger partial charge is 0.493 e. The van der Waals surface area contributed by atoms with Crippen LogP contribution in [0.1, 0.15) is 28.9 Å². The lowest BCUT2D eigenvalue weighted by atomic mass is 10.0. The van der Waals surface area contributed by atoms with Gasteiger partial charge in [0.2, 0.25) is 0 Å². The monoisotopic (exact) mass is 481 g/mol. The molecule has 5 nitrogen and oxygen atoms in total. The predicted molar refractivity (Wildman–Crippen MR) is 125 cm³/mol. The molecule has 0 bridgehead atoms. The summed E-state index contributed by atoms with van der Waals surface area (Å²) in [6.07, 6.45) is -2.50. The second kappa shape index (κ2) is 9.02. The fourth-order valence-corrected chi connectivity index (χ4v) is 4.25. The van der Waals surface area contributed by atoms with E-state index in [0.29, 0.717) is 40.5 Å². The van der Waals surface area contributed by atoms with E-state index in [0.717, 1.165) is 18.2 Å². The van der Waals surface area contributed by atoms with Crippen LogP contribution in [0.3, 0.4) is 0 Å². The number of carbonyl (C=O) groups is 1. The number of para-hydroxylation sites is 1. The lowest BCUT2D eigenvalue weighted by Gasteiger charge is -2.13. The molecule has 0 spiro atoms. The highest BCUT2D eigenvalue weighted by molar-refractivity contribution is 6.08. The summed E-state index contributed by atoms with van der Waals surface area (Å²) >= 11 is 0. The van der Waals surface area contributed by atoms with Gasteiger partial charge in [0, 0.05) is 23.0 Å². The molecular formula is C27H22F3NO4. The average molecular weight is 481 g/mol. The summed E-state index contributed by atoms with van der Waals surface area (Å²) in [6, 6.07) is 20.2. The van der Waals surface area contributed by atoms with Gasteiger partial charge >= 0.3 is 12.3 Å². The molecule has 0 radical (unpaired) electrons. The summed E-state index contributed by atoms with van der Waals surface area (Å²) < 4.78 is 49.6. The largest absolute Gasteiger partial charge is 0.573 e. The van der Waals surface area contributed by atoms with Gasteiger partial charge < -0.3 is 19.1 Å². The number of hydrogen-bond donors (Lipinski definition) is 1. The second-order valence-electron chi connectivity index (χ2n) is 8.61. The maximum absolute atomic E-state index is 12.7. The highest BCUT2D eigenvalue weighted by Gasteiger charge is 2.31. The summed E-state index contributed by atoms with van der Waals surface area (Å²) in [4.78, 5) is 12.5. The van der Waals surface area contributed by atoms with Crippen molar-refractivity contribution < 1.29 is 32.5 Å². The Balaban J connectivity index is 1.59. The number of rotatable bonds is 8. The van der Waals surface area contributed by atoms with E-state index >= 15 is 0 Å². The van der Waals surface area contributed by atoms with Crippen molar-refractivity contribution >= 4 is 16.9 Å². The number of carboxylic acids is 1. The maximum Gasteiger partial charge on any atom is 0.573 e. The topological polar surface area (TPSA) is 60.7 Å². The molecular weight excluding hydrogens is 459 g/mol. The van der Waals surface area contributed by atoms with E-state index in [9.17, 15) is 23.1 Å². The highest BCUT2D eigenvalue weighted by atomic mass is 19.4. The molecule has 0 aliphatic heterocycles. The third-order valence-electron chi connectivity index (χ3n) is 5.95. The number of nitrogens with zero attached hydrogens (tertiary/aromatic N) is 1. The van der Waals surface area contributed by atoms with Crippen LogP contribution in [-0.2, 0) is 6.54 Å². The van der Waals surface area contributed by atoms with Gasteiger partial charge in [-0.1, -0.05) is 42.5 Å². The van der Waals surface area contributed by atoms with Crippen molar-refractivity contribution in [1.29, 1.82) is 0 Å². The predicted octanol–water partition coefficient (Wildman–Crippen LogP) is 6.74. The van der Waals surface area contributed by atoms with Crippen molar-refractivity contribution in [2.45, 2.75) is 25.7 Å². The van der Waals surface area contributed by atoms with E-state index in [-0.39, 0.29) is 18.0 Å². The van der Waals surface area contributed by atoms with Crippen molar-refractivity contribution in [1.82, 2.24) is 4.57 Å². The SMILES string of the molecule is O=C(O)c1c(-c2cccc(OCC3CC3)c2)c2ccccc2n1Cc1cccc(OC(F)(F)F)c1. The van der Waals surface area contributed by atoms with Crippen LogP contribution in [0.25, 0.3) is 22.0 Å². The number of ether oxygens (including phenoxy) is 2. The van der Waals surface area contributed by atoms with Crippen LogP contribution >= 0.6 is 0 Å². The Kier molecular flexibility index (Phi) is 5.88. The molecule has 1 N–H and O–H groups in total. The van der Waals surface area contributed by atoms with Gasteiger partial charge in [-0.25, -0.2) is 4.79 Å². The van der Waals surface area contributed by atoms with Crippen LogP contribution < -0.4 is 9.47 Å². The standard InChI is InChI=1S/C27H22F3NO4/c28-27(29,30)35-21-8-3-5-18(13-21)15-31-23-10-2-1-9-22(23)24(25(31)26(32)33)19-6-4-7-20(14-19)34-16-17-11-12-17/h1-10,13-14,17H,11-12,15-16H2,(H,32,33). The van der Waals surface area contributed by atoms with Crippen molar-refractivity contribution in [3.05, 3.63) is 84.1 Å². The van der Waals surface area contributed by atoms with Gasteiger partial charge in [-0.15, -0.1) is 13.2 Å². The van der Waals surface area contributed by atoms with E-state index in [1.165, 1.54) is 18.2 Å². The summed E-state index contributed by atoms with van der Waals surface area (Å²) in [5.74, 6) is -0.251. The van der Waals surface area contributed by atoms with Crippen LogP contribution in [0.4, 0.5) is 13.2 Å². The molecule has 1 heterocycles. The lowest BCUT2D eigenvalue weighted by molar-refractivity contribution is -0.274. The molecule has 1 aromatic heterocycles. The van der Waals surface area contributed by atoms with Crippen LogP contribution in [0, 0.1) is 5.92 Å². The molecule has 0 unspecified atom stereocenters. The molecule has 0 amide bonds. The number of hydrogen-bond acceptors (Lipinski definition) is 3. The zero-order chi connectivity index (χ0) is 24.6. The van der Waals surface area contributed by atoms with Crippen molar-refractivity contribution in [2.24, 2.45) is 5.92 Å². The summed E-state index contributed by atoms with van der Waals surface area (Å²) in [5, 5.41) is 11.0. The maximum atomic E-state index is 12.7.